The summed E-state index contributed by atoms with van der Waals surface area (Å²) in [5, 5.41) is 27.7. The van der Waals surface area contributed by atoms with Crippen LogP contribution in [0.4, 0.5) is 0 Å². The van der Waals surface area contributed by atoms with Crippen LogP contribution in [0, 0.1) is 16.0 Å². The van der Waals surface area contributed by atoms with Crippen LogP contribution in [0.1, 0.15) is 20.3 Å². The summed E-state index contributed by atoms with van der Waals surface area (Å²) in [6.45, 7) is 2.03. The van der Waals surface area contributed by atoms with Crippen molar-refractivity contribution < 1.29 is 29.5 Å². The number of rotatable bonds is 8. The minimum absolute atomic E-state index is 0.274. The molecule has 0 aromatic carbocycles. The lowest BCUT2D eigenvalue weighted by atomic mass is 10.1. The zero-order valence-electron chi connectivity index (χ0n) is 9.58. The molecule has 0 spiro atoms. The number of aliphatic carboxylic acids is 2. The molecule has 0 fully saturated rings. The summed E-state index contributed by atoms with van der Waals surface area (Å²) in [7, 11) is 0. The molecule has 0 heterocycles. The smallest absolute Gasteiger partial charge is 0.309 e. The van der Waals surface area contributed by atoms with Crippen molar-refractivity contribution in [3.63, 3.8) is 0 Å². The molecule has 0 amide bonds. The second-order valence-electron chi connectivity index (χ2n) is 4.22. The van der Waals surface area contributed by atoms with E-state index in [4.69, 9.17) is 14.9 Å². The van der Waals surface area contributed by atoms with E-state index in [9.17, 15) is 19.7 Å². The molecule has 1 atom stereocenters. The average molecular weight is 249 g/mol. The Hall–Kier alpha value is -1.70. The first-order valence-electron chi connectivity index (χ1n) is 4.83. The van der Waals surface area contributed by atoms with Gasteiger partial charge in [0.2, 0.25) is 5.54 Å². The van der Waals surface area contributed by atoms with Crippen LogP contribution in [0.3, 0.4) is 0 Å². The number of carboxylic acid groups (broad SMARTS) is 2. The van der Waals surface area contributed by atoms with Gasteiger partial charge in [0.15, 0.2) is 0 Å². The summed E-state index contributed by atoms with van der Waals surface area (Å²) in [6, 6.07) is 0. The molecular weight excluding hydrogens is 234 g/mol. The average Bonchev–Trinajstić information content (AvgIpc) is 2.14. The quantitative estimate of drug-likeness (QED) is 0.465. The van der Waals surface area contributed by atoms with Gasteiger partial charge in [-0.05, 0) is 0 Å². The fourth-order valence-electron chi connectivity index (χ4n) is 0.932. The maximum absolute atomic E-state index is 10.6. The monoisotopic (exact) mass is 249 g/mol. The van der Waals surface area contributed by atoms with E-state index in [1.807, 2.05) is 0 Å². The Morgan fingerprint density at radius 2 is 1.94 bits per heavy atom. The van der Waals surface area contributed by atoms with Gasteiger partial charge in [0.1, 0.15) is 6.61 Å². The fourth-order valence-corrected chi connectivity index (χ4v) is 0.932. The molecular formula is C9H15NO7. The van der Waals surface area contributed by atoms with Crippen molar-refractivity contribution in [2.24, 2.45) is 5.92 Å². The van der Waals surface area contributed by atoms with Gasteiger partial charge >= 0.3 is 11.9 Å². The summed E-state index contributed by atoms with van der Waals surface area (Å²) in [4.78, 5) is 31.0. The van der Waals surface area contributed by atoms with E-state index in [1.54, 1.807) is 0 Å². The van der Waals surface area contributed by atoms with Crippen LogP contribution in [0.15, 0.2) is 0 Å². The standard InChI is InChI=1S/C9H15NO7/c1-9(2,10(15)16)5-17-4-6(8(13)14)3-7(11)12/h6H,3-5H2,1-2H3,(H,11,12)(H,13,14). The molecule has 1 unspecified atom stereocenters. The molecule has 0 aromatic rings. The van der Waals surface area contributed by atoms with E-state index in [1.165, 1.54) is 13.8 Å². The van der Waals surface area contributed by atoms with Crippen LogP contribution in [0.2, 0.25) is 0 Å². The zero-order valence-corrected chi connectivity index (χ0v) is 9.58. The van der Waals surface area contributed by atoms with Gasteiger partial charge in [-0.15, -0.1) is 0 Å². The van der Waals surface area contributed by atoms with Crippen LogP contribution in [-0.2, 0) is 14.3 Å². The highest BCUT2D eigenvalue weighted by Gasteiger charge is 2.32. The highest BCUT2D eigenvalue weighted by atomic mass is 16.6. The largest absolute Gasteiger partial charge is 0.481 e. The Balaban J connectivity index is 4.20. The molecule has 0 bridgehead atoms. The summed E-state index contributed by atoms with van der Waals surface area (Å²) >= 11 is 0. The first-order valence-corrected chi connectivity index (χ1v) is 4.83. The summed E-state index contributed by atoms with van der Waals surface area (Å²) in [5.41, 5.74) is -1.33. The number of hydrogen-bond donors (Lipinski definition) is 2. The second-order valence-corrected chi connectivity index (χ2v) is 4.22. The van der Waals surface area contributed by atoms with Gasteiger partial charge in [0, 0.05) is 18.8 Å². The Morgan fingerprint density at radius 1 is 1.41 bits per heavy atom. The van der Waals surface area contributed by atoms with Crippen LogP contribution in [0.5, 0.6) is 0 Å². The van der Waals surface area contributed by atoms with Gasteiger partial charge in [0.25, 0.3) is 0 Å². The third kappa shape index (κ3) is 5.81. The summed E-state index contributed by atoms with van der Waals surface area (Å²) in [6.07, 6.45) is -0.575. The molecule has 0 rings (SSSR count). The third-order valence-corrected chi connectivity index (χ3v) is 2.04. The van der Waals surface area contributed by atoms with Gasteiger partial charge < -0.3 is 14.9 Å². The van der Waals surface area contributed by atoms with Gasteiger partial charge in [-0.25, -0.2) is 0 Å². The maximum atomic E-state index is 10.6. The predicted octanol–water partition coefficient (Wildman–Crippen LogP) is 0.234. The SMILES string of the molecule is CC(C)(COCC(CC(=O)O)C(=O)O)[N+](=O)[O-]. The number of nitrogens with zero attached hydrogens (tertiary/aromatic N) is 1. The van der Waals surface area contributed by atoms with E-state index >= 15 is 0 Å². The van der Waals surface area contributed by atoms with Crippen molar-refractivity contribution >= 4 is 11.9 Å². The highest BCUT2D eigenvalue weighted by Crippen LogP contribution is 2.10. The minimum atomic E-state index is -1.33. The molecule has 17 heavy (non-hydrogen) atoms. The molecule has 0 saturated carbocycles. The van der Waals surface area contributed by atoms with E-state index in [0.29, 0.717) is 0 Å². The molecule has 0 aliphatic heterocycles. The van der Waals surface area contributed by atoms with Crippen molar-refractivity contribution in [3.05, 3.63) is 10.1 Å². The maximum Gasteiger partial charge on any atom is 0.309 e. The fraction of sp³-hybridized carbons (Fsp3) is 0.778. The first-order chi connectivity index (χ1) is 7.66. The van der Waals surface area contributed by atoms with Crippen LogP contribution in [-0.4, -0.2) is 45.8 Å². The lowest BCUT2D eigenvalue weighted by molar-refractivity contribution is -0.564. The number of hydrogen-bond acceptors (Lipinski definition) is 5. The Kier molecular flexibility index (Phi) is 5.52. The number of ether oxygens (including phenoxy) is 1. The van der Waals surface area contributed by atoms with Crippen LogP contribution in [0.25, 0.3) is 0 Å². The first kappa shape index (κ1) is 15.3. The summed E-state index contributed by atoms with van der Waals surface area (Å²) in [5.74, 6) is -3.75. The van der Waals surface area contributed by atoms with Gasteiger partial charge in [-0.3, -0.25) is 19.7 Å². The molecule has 98 valence electrons. The van der Waals surface area contributed by atoms with E-state index < -0.39 is 34.7 Å². The summed E-state index contributed by atoms with van der Waals surface area (Å²) < 4.78 is 4.90. The molecule has 0 radical (unpaired) electrons. The van der Waals surface area contributed by atoms with E-state index in [2.05, 4.69) is 0 Å². The molecule has 8 heteroatoms. The van der Waals surface area contributed by atoms with Gasteiger partial charge in [0.05, 0.1) is 18.9 Å². The molecule has 0 aliphatic carbocycles. The minimum Gasteiger partial charge on any atom is -0.481 e. The predicted molar refractivity (Wildman–Crippen MR) is 55.3 cm³/mol. The van der Waals surface area contributed by atoms with Crippen molar-refractivity contribution in [2.45, 2.75) is 25.8 Å². The normalized spacial score (nSPS) is 13.1. The topological polar surface area (TPSA) is 127 Å². The lowest BCUT2D eigenvalue weighted by Gasteiger charge is -2.17. The van der Waals surface area contributed by atoms with Gasteiger partial charge in [-0.2, -0.15) is 0 Å². The van der Waals surface area contributed by atoms with Crippen molar-refractivity contribution in [1.82, 2.24) is 0 Å². The Morgan fingerprint density at radius 3 is 2.29 bits per heavy atom. The molecule has 8 nitrogen and oxygen atoms in total. The molecule has 2 N–H and O–H groups in total. The number of carboxylic acids is 2. The zero-order chi connectivity index (χ0) is 13.6. The second kappa shape index (κ2) is 6.14. The van der Waals surface area contributed by atoms with Gasteiger partial charge in [-0.1, -0.05) is 0 Å². The Bertz CT molecular complexity index is 312. The molecule has 0 saturated heterocycles. The van der Waals surface area contributed by atoms with Crippen molar-refractivity contribution in [3.8, 4) is 0 Å². The lowest BCUT2D eigenvalue weighted by Crippen LogP contribution is -2.37. The molecule has 0 aromatic heterocycles. The highest BCUT2D eigenvalue weighted by molar-refractivity contribution is 5.77. The van der Waals surface area contributed by atoms with Crippen molar-refractivity contribution in [1.29, 1.82) is 0 Å². The van der Waals surface area contributed by atoms with Crippen LogP contribution < -0.4 is 0 Å². The third-order valence-electron chi connectivity index (χ3n) is 2.04. The Labute approximate surface area is 97.3 Å². The molecule has 0 aliphatic rings. The van der Waals surface area contributed by atoms with E-state index in [-0.39, 0.29) is 13.2 Å². The number of carbonyl (C=O) groups is 2. The van der Waals surface area contributed by atoms with E-state index in [0.717, 1.165) is 0 Å². The van der Waals surface area contributed by atoms with Crippen molar-refractivity contribution in [2.75, 3.05) is 13.2 Å². The number of nitro groups is 1. The van der Waals surface area contributed by atoms with Crippen LogP contribution >= 0.6 is 0 Å².